The van der Waals surface area contributed by atoms with Crippen LogP contribution in [0.5, 0.6) is 0 Å². The minimum atomic E-state index is -0.286. The molecule has 1 amide bonds. The summed E-state index contributed by atoms with van der Waals surface area (Å²) >= 11 is 5.30. The van der Waals surface area contributed by atoms with Gasteiger partial charge in [-0.25, -0.2) is 4.68 Å². The van der Waals surface area contributed by atoms with E-state index in [0.29, 0.717) is 16.4 Å². The Morgan fingerprint density at radius 2 is 1.73 bits per heavy atom. The summed E-state index contributed by atoms with van der Waals surface area (Å²) in [6.07, 6.45) is 3.43. The number of amides is 1. The van der Waals surface area contributed by atoms with Gasteiger partial charge < -0.3 is 5.32 Å². The van der Waals surface area contributed by atoms with Gasteiger partial charge in [-0.3, -0.25) is 15.6 Å². The van der Waals surface area contributed by atoms with Crippen molar-refractivity contribution in [2.75, 3.05) is 5.32 Å². The molecule has 1 aromatic heterocycles. The number of anilines is 1. The predicted molar refractivity (Wildman–Crippen MR) is 125 cm³/mol. The largest absolute Gasteiger partial charge is 0.331 e. The van der Waals surface area contributed by atoms with Gasteiger partial charge in [0.2, 0.25) is 0 Å². The SMILES string of the molecule is CCCCc1ccc(NC(=S)NNC(=O)c2c(C)nn(-c3ccccc3)c2C)cc1. The molecule has 30 heavy (non-hydrogen) atoms. The van der Waals surface area contributed by atoms with Crippen molar-refractivity contribution in [1.29, 1.82) is 0 Å². The lowest BCUT2D eigenvalue weighted by atomic mass is 10.1. The quantitative estimate of drug-likeness (QED) is 0.405. The van der Waals surface area contributed by atoms with E-state index in [1.54, 1.807) is 4.68 Å². The Balaban J connectivity index is 1.59. The molecule has 3 aromatic rings. The van der Waals surface area contributed by atoms with E-state index in [0.717, 1.165) is 23.5 Å². The minimum absolute atomic E-state index is 0.286. The van der Waals surface area contributed by atoms with E-state index >= 15 is 0 Å². The summed E-state index contributed by atoms with van der Waals surface area (Å²) < 4.78 is 1.76. The van der Waals surface area contributed by atoms with Crippen LogP contribution in [0, 0.1) is 13.8 Å². The summed E-state index contributed by atoms with van der Waals surface area (Å²) in [6, 6.07) is 17.9. The number of nitrogens with zero attached hydrogens (tertiary/aromatic N) is 2. The highest BCUT2D eigenvalue weighted by atomic mass is 32.1. The molecule has 0 aliphatic rings. The monoisotopic (exact) mass is 421 g/mol. The first-order valence-corrected chi connectivity index (χ1v) is 10.5. The Morgan fingerprint density at radius 3 is 2.40 bits per heavy atom. The number of nitrogens with one attached hydrogen (secondary N) is 3. The molecule has 2 aromatic carbocycles. The number of unbranched alkanes of at least 4 members (excludes halogenated alkanes) is 1. The lowest BCUT2D eigenvalue weighted by molar-refractivity contribution is 0.0943. The van der Waals surface area contributed by atoms with Crippen LogP contribution < -0.4 is 16.2 Å². The minimum Gasteiger partial charge on any atom is -0.331 e. The van der Waals surface area contributed by atoms with Crippen molar-refractivity contribution in [2.24, 2.45) is 0 Å². The van der Waals surface area contributed by atoms with E-state index in [1.807, 2.05) is 56.3 Å². The van der Waals surface area contributed by atoms with Gasteiger partial charge in [0.25, 0.3) is 5.91 Å². The van der Waals surface area contributed by atoms with E-state index in [4.69, 9.17) is 12.2 Å². The third-order valence-corrected chi connectivity index (χ3v) is 5.04. The van der Waals surface area contributed by atoms with Crippen molar-refractivity contribution in [3.8, 4) is 5.69 Å². The van der Waals surface area contributed by atoms with Crippen molar-refractivity contribution in [3.63, 3.8) is 0 Å². The normalized spacial score (nSPS) is 10.5. The molecule has 0 fully saturated rings. The highest BCUT2D eigenvalue weighted by Gasteiger charge is 2.19. The van der Waals surface area contributed by atoms with Crippen LogP contribution in [0.2, 0.25) is 0 Å². The fraction of sp³-hybridized carbons (Fsp3) is 0.261. The predicted octanol–water partition coefficient (Wildman–Crippen LogP) is 4.46. The molecular formula is C23H27N5OS. The van der Waals surface area contributed by atoms with Gasteiger partial charge in [-0.2, -0.15) is 5.10 Å². The molecule has 3 rings (SSSR count). The first-order chi connectivity index (χ1) is 14.5. The number of hydrogen-bond acceptors (Lipinski definition) is 3. The van der Waals surface area contributed by atoms with Crippen LogP contribution in [0.4, 0.5) is 5.69 Å². The number of benzene rings is 2. The second-order valence-corrected chi connectivity index (χ2v) is 7.54. The van der Waals surface area contributed by atoms with Crippen LogP contribution in [0.1, 0.15) is 47.1 Å². The van der Waals surface area contributed by atoms with Crippen LogP contribution >= 0.6 is 12.2 Å². The zero-order chi connectivity index (χ0) is 21.5. The standard InChI is InChI=1S/C23H27N5OS/c1-4-5-9-18-12-14-19(15-13-18)24-23(30)26-25-22(29)21-16(2)27-28(17(21)3)20-10-7-6-8-11-20/h6-8,10-15H,4-5,9H2,1-3H3,(H,25,29)(H2,24,26,30). The average molecular weight is 422 g/mol. The Labute approximate surface area is 182 Å². The maximum absolute atomic E-state index is 12.7. The molecule has 0 aliphatic heterocycles. The van der Waals surface area contributed by atoms with Gasteiger partial charge in [-0.05, 0) is 68.7 Å². The maximum Gasteiger partial charge on any atom is 0.273 e. The highest BCUT2D eigenvalue weighted by molar-refractivity contribution is 7.80. The number of aryl methyl sites for hydroxylation is 2. The van der Waals surface area contributed by atoms with E-state index < -0.39 is 0 Å². The third kappa shape index (κ3) is 5.24. The van der Waals surface area contributed by atoms with Gasteiger partial charge in [0.15, 0.2) is 5.11 Å². The van der Waals surface area contributed by atoms with Crippen molar-refractivity contribution >= 4 is 28.9 Å². The van der Waals surface area contributed by atoms with Gasteiger partial charge in [-0.1, -0.05) is 43.7 Å². The summed E-state index contributed by atoms with van der Waals surface area (Å²) in [4.78, 5) is 12.7. The Hall–Kier alpha value is -3.19. The van der Waals surface area contributed by atoms with E-state index in [2.05, 4.69) is 40.3 Å². The van der Waals surface area contributed by atoms with Crippen molar-refractivity contribution in [1.82, 2.24) is 20.6 Å². The summed E-state index contributed by atoms with van der Waals surface area (Å²) in [5.74, 6) is -0.286. The molecule has 0 radical (unpaired) electrons. The fourth-order valence-electron chi connectivity index (χ4n) is 3.27. The molecule has 0 aliphatic carbocycles. The van der Waals surface area contributed by atoms with Gasteiger partial charge >= 0.3 is 0 Å². The van der Waals surface area contributed by atoms with Crippen LogP contribution in [0.25, 0.3) is 5.69 Å². The molecule has 1 heterocycles. The molecule has 156 valence electrons. The van der Waals surface area contributed by atoms with Crippen LogP contribution in [-0.4, -0.2) is 20.8 Å². The molecule has 6 nitrogen and oxygen atoms in total. The molecule has 0 spiro atoms. The lowest BCUT2D eigenvalue weighted by Crippen LogP contribution is -2.44. The first kappa shape index (κ1) is 21.5. The molecule has 0 unspecified atom stereocenters. The van der Waals surface area contributed by atoms with Crippen molar-refractivity contribution < 1.29 is 4.79 Å². The number of carbonyl (C=O) groups is 1. The topological polar surface area (TPSA) is 71.0 Å². The third-order valence-electron chi connectivity index (χ3n) is 4.84. The number of thiocarbonyl (C=S) groups is 1. The Bertz CT molecular complexity index is 1010. The van der Waals surface area contributed by atoms with Crippen molar-refractivity contribution in [3.05, 3.63) is 77.1 Å². The smallest absolute Gasteiger partial charge is 0.273 e. The zero-order valence-corrected chi connectivity index (χ0v) is 18.3. The van der Waals surface area contributed by atoms with Crippen LogP contribution in [0.3, 0.4) is 0 Å². The molecule has 0 atom stereocenters. The number of hydrogen-bond donors (Lipinski definition) is 3. The molecule has 0 saturated carbocycles. The number of hydrazine groups is 1. The molecule has 0 bridgehead atoms. The number of aromatic nitrogens is 2. The molecule has 3 N–H and O–H groups in total. The van der Waals surface area contributed by atoms with E-state index in [9.17, 15) is 4.79 Å². The Kier molecular flexibility index (Phi) is 7.19. The van der Waals surface area contributed by atoms with Crippen molar-refractivity contribution in [2.45, 2.75) is 40.0 Å². The van der Waals surface area contributed by atoms with E-state index in [1.165, 1.54) is 18.4 Å². The van der Waals surface area contributed by atoms with Crippen LogP contribution in [-0.2, 0) is 6.42 Å². The number of rotatable bonds is 6. The second-order valence-electron chi connectivity index (χ2n) is 7.13. The maximum atomic E-state index is 12.7. The van der Waals surface area contributed by atoms with E-state index in [-0.39, 0.29) is 5.91 Å². The summed E-state index contributed by atoms with van der Waals surface area (Å²) in [5.41, 5.74) is 10.4. The van der Waals surface area contributed by atoms with Gasteiger partial charge in [-0.15, -0.1) is 0 Å². The Morgan fingerprint density at radius 1 is 1.03 bits per heavy atom. The van der Waals surface area contributed by atoms with Crippen LogP contribution in [0.15, 0.2) is 54.6 Å². The van der Waals surface area contributed by atoms with Gasteiger partial charge in [0, 0.05) is 5.69 Å². The average Bonchev–Trinajstić information content (AvgIpc) is 3.06. The summed E-state index contributed by atoms with van der Waals surface area (Å²) in [5, 5.41) is 7.90. The first-order valence-electron chi connectivity index (χ1n) is 10.1. The molecule has 0 saturated heterocycles. The fourth-order valence-corrected chi connectivity index (χ4v) is 3.43. The zero-order valence-electron chi connectivity index (χ0n) is 17.5. The lowest BCUT2D eigenvalue weighted by Gasteiger charge is -2.12. The molecule has 7 heteroatoms. The summed E-state index contributed by atoms with van der Waals surface area (Å²) in [6.45, 7) is 5.88. The summed E-state index contributed by atoms with van der Waals surface area (Å²) in [7, 11) is 0. The molecular weight excluding hydrogens is 394 g/mol. The van der Waals surface area contributed by atoms with Gasteiger partial charge in [0.1, 0.15) is 0 Å². The number of carbonyl (C=O) groups excluding carboxylic acids is 1. The van der Waals surface area contributed by atoms with Gasteiger partial charge in [0.05, 0.1) is 22.6 Å². The number of para-hydroxylation sites is 1. The highest BCUT2D eigenvalue weighted by Crippen LogP contribution is 2.17. The second kappa shape index (κ2) is 10.0.